The van der Waals surface area contributed by atoms with E-state index in [4.69, 9.17) is 5.73 Å². The lowest BCUT2D eigenvalue weighted by molar-refractivity contribution is 0.688. The molecule has 19 heavy (non-hydrogen) atoms. The van der Waals surface area contributed by atoms with Gasteiger partial charge in [-0.25, -0.2) is 4.98 Å². The number of nitrogens with one attached hydrogen (secondary N) is 1. The highest BCUT2D eigenvalue weighted by molar-refractivity contribution is 7.09. The molecule has 0 aliphatic heterocycles. The van der Waals surface area contributed by atoms with Gasteiger partial charge in [-0.2, -0.15) is 5.10 Å². The van der Waals surface area contributed by atoms with E-state index in [1.807, 2.05) is 23.3 Å². The van der Waals surface area contributed by atoms with Crippen LogP contribution in [0.1, 0.15) is 49.9 Å². The van der Waals surface area contributed by atoms with Crippen molar-refractivity contribution in [2.24, 2.45) is 7.05 Å². The highest BCUT2D eigenvalue weighted by Gasteiger charge is 2.19. The van der Waals surface area contributed by atoms with Gasteiger partial charge in [0.05, 0.1) is 17.4 Å². The minimum Gasteiger partial charge on any atom is -0.394 e. The first-order chi connectivity index (χ1) is 9.04. The Kier molecular flexibility index (Phi) is 4.09. The van der Waals surface area contributed by atoms with E-state index in [9.17, 15) is 0 Å². The minimum atomic E-state index is 0.178. The van der Waals surface area contributed by atoms with Gasteiger partial charge in [0.25, 0.3) is 0 Å². The number of nitrogens with two attached hydrogens (primary N) is 1. The third kappa shape index (κ3) is 2.73. The Balaban J connectivity index is 2.27. The molecule has 5 nitrogen and oxygen atoms in total. The lowest BCUT2D eigenvalue weighted by Crippen LogP contribution is -2.13. The van der Waals surface area contributed by atoms with Crippen molar-refractivity contribution in [3.63, 3.8) is 0 Å². The van der Waals surface area contributed by atoms with Crippen molar-refractivity contribution in [3.8, 4) is 0 Å². The Bertz CT molecular complexity index is 529. The van der Waals surface area contributed by atoms with Crippen LogP contribution in [-0.4, -0.2) is 14.8 Å². The van der Waals surface area contributed by atoms with E-state index in [-0.39, 0.29) is 6.04 Å². The largest absolute Gasteiger partial charge is 0.394 e. The first kappa shape index (κ1) is 13.9. The van der Waals surface area contributed by atoms with Crippen LogP contribution < -0.4 is 11.1 Å². The maximum absolute atomic E-state index is 6.20. The Morgan fingerprint density at radius 3 is 2.68 bits per heavy atom. The van der Waals surface area contributed by atoms with Crippen LogP contribution in [0, 0.1) is 0 Å². The summed E-state index contributed by atoms with van der Waals surface area (Å²) in [6.45, 7) is 6.33. The fourth-order valence-corrected chi connectivity index (χ4v) is 2.84. The summed E-state index contributed by atoms with van der Waals surface area (Å²) >= 11 is 1.66. The maximum Gasteiger partial charge on any atom is 0.148 e. The van der Waals surface area contributed by atoms with Crippen LogP contribution >= 0.6 is 11.3 Å². The number of nitrogen functional groups attached to an aromatic ring is 1. The molecule has 0 aromatic carbocycles. The predicted octanol–water partition coefficient (Wildman–Crippen LogP) is 3.15. The van der Waals surface area contributed by atoms with Crippen LogP contribution in [-0.2, 0) is 7.05 Å². The lowest BCUT2D eigenvalue weighted by Gasteiger charge is -2.16. The van der Waals surface area contributed by atoms with Gasteiger partial charge in [-0.1, -0.05) is 20.8 Å². The van der Waals surface area contributed by atoms with Crippen molar-refractivity contribution in [1.82, 2.24) is 14.8 Å². The zero-order valence-corrected chi connectivity index (χ0v) is 12.7. The van der Waals surface area contributed by atoms with Gasteiger partial charge in [0.1, 0.15) is 10.8 Å². The minimum absolute atomic E-state index is 0.178. The second-order valence-corrected chi connectivity index (χ2v) is 5.83. The molecule has 0 amide bonds. The van der Waals surface area contributed by atoms with Crippen molar-refractivity contribution in [2.45, 2.75) is 39.2 Å². The topological polar surface area (TPSA) is 68.8 Å². The normalized spacial score (nSPS) is 12.9. The average molecular weight is 279 g/mol. The van der Waals surface area contributed by atoms with E-state index >= 15 is 0 Å². The molecular formula is C13H21N5S. The monoisotopic (exact) mass is 279 g/mol. The molecule has 0 aliphatic carbocycles. The van der Waals surface area contributed by atoms with Crippen LogP contribution in [0.15, 0.2) is 11.6 Å². The fourth-order valence-electron chi connectivity index (χ4n) is 2.07. The number of anilines is 2. The SMILES string of the molecule is CCC(Nc1c(N)c(C(C)C)nn1C)c1nccs1. The summed E-state index contributed by atoms with van der Waals surface area (Å²) in [4.78, 5) is 4.37. The lowest BCUT2D eigenvalue weighted by atomic mass is 10.1. The first-order valence-corrected chi connectivity index (χ1v) is 7.40. The van der Waals surface area contributed by atoms with E-state index in [0.717, 1.165) is 28.6 Å². The molecule has 0 bridgehead atoms. The van der Waals surface area contributed by atoms with Crippen molar-refractivity contribution < 1.29 is 0 Å². The van der Waals surface area contributed by atoms with Crippen LogP contribution in [0.25, 0.3) is 0 Å². The molecule has 2 aromatic rings. The molecule has 1 atom stereocenters. The molecule has 3 N–H and O–H groups in total. The van der Waals surface area contributed by atoms with E-state index in [0.29, 0.717) is 5.92 Å². The average Bonchev–Trinajstić information content (AvgIpc) is 2.97. The van der Waals surface area contributed by atoms with Crippen molar-refractivity contribution in [2.75, 3.05) is 11.1 Å². The van der Waals surface area contributed by atoms with Crippen LogP contribution in [0.5, 0.6) is 0 Å². The van der Waals surface area contributed by atoms with Gasteiger partial charge >= 0.3 is 0 Å². The smallest absolute Gasteiger partial charge is 0.148 e. The number of aromatic nitrogens is 3. The molecule has 2 heterocycles. The quantitative estimate of drug-likeness (QED) is 0.882. The number of hydrogen-bond acceptors (Lipinski definition) is 5. The Labute approximate surface area is 117 Å². The zero-order valence-electron chi connectivity index (χ0n) is 11.8. The fraction of sp³-hybridized carbons (Fsp3) is 0.538. The van der Waals surface area contributed by atoms with Gasteiger partial charge in [-0.3, -0.25) is 4.68 Å². The molecule has 0 fully saturated rings. The molecule has 0 aliphatic rings. The molecule has 6 heteroatoms. The predicted molar refractivity (Wildman–Crippen MR) is 80.5 cm³/mol. The van der Waals surface area contributed by atoms with Gasteiger partial charge in [-0.05, 0) is 12.3 Å². The molecule has 0 spiro atoms. The second-order valence-electron chi connectivity index (χ2n) is 4.90. The first-order valence-electron chi connectivity index (χ1n) is 6.52. The van der Waals surface area contributed by atoms with E-state index < -0.39 is 0 Å². The molecule has 0 radical (unpaired) electrons. The Morgan fingerprint density at radius 2 is 2.21 bits per heavy atom. The van der Waals surface area contributed by atoms with E-state index in [1.54, 1.807) is 11.3 Å². The molecule has 2 rings (SSSR count). The molecular weight excluding hydrogens is 258 g/mol. The second kappa shape index (κ2) is 5.61. The van der Waals surface area contributed by atoms with Crippen LogP contribution in [0.4, 0.5) is 11.5 Å². The van der Waals surface area contributed by atoms with E-state index in [1.165, 1.54) is 0 Å². The summed E-state index contributed by atoms with van der Waals surface area (Å²) in [5, 5.41) is 11.0. The van der Waals surface area contributed by atoms with Crippen LogP contribution in [0.3, 0.4) is 0 Å². The molecule has 104 valence electrons. The molecule has 0 saturated carbocycles. The number of aryl methyl sites for hydroxylation is 1. The molecule has 1 unspecified atom stereocenters. The van der Waals surface area contributed by atoms with Gasteiger partial charge < -0.3 is 11.1 Å². The number of thiazole rings is 1. The third-order valence-electron chi connectivity index (χ3n) is 3.13. The summed E-state index contributed by atoms with van der Waals surface area (Å²) < 4.78 is 1.82. The van der Waals surface area contributed by atoms with E-state index in [2.05, 4.69) is 36.2 Å². The summed E-state index contributed by atoms with van der Waals surface area (Å²) in [6.07, 6.45) is 2.78. The molecule has 2 aromatic heterocycles. The molecule has 0 saturated heterocycles. The number of hydrogen-bond donors (Lipinski definition) is 2. The van der Waals surface area contributed by atoms with Gasteiger partial charge in [0, 0.05) is 18.6 Å². The Hall–Kier alpha value is -1.56. The van der Waals surface area contributed by atoms with Gasteiger partial charge in [0.15, 0.2) is 0 Å². The highest BCUT2D eigenvalue weighted by atomic mass is 32.1. The van der Waals surface area contributed by atoms with Crippen molar-refractivity contribution >= 4 is 22.8 Å². The summed E-state index contributed by atoms with van der Waals surface area (Å²) in [6, 6.07) is 0.178. The van der Waals surface area contributed by atoms with Crippen molar-refractivity contribution in [1.29, 1.82) is 0 Å². The standard InChI is InChI=1S/C13H21N5S/c1-5-9(13-15-6-7-19-13)16-12-10(14)11(8(2)3)17-18(12)4/h6-9,16H,5,14H2,1-4H3. The zero-order chi connectivity index (χ0) is 14.0. The summed E-state index contributed by atoms with van der Waals surface area (Å²) in [5.74, 6) is 1.20. The summed E-state index contributed by atoms with van der Waals surface area (Å²) in [5.41, 5.74) is 7.89. The number of nitrogens with zero attached hydrogens (tertiary/aromatic N) is 3. The maximum atomic E-state index is 6.20. The highest BCUT2D eigenvalue weighted by Crippen LogP contribution is 2.31. The summed E-state index contributed by atoms with van der Waals surface area (Å²) in [7, 11) is 1.92. The number of rotatable bonds is 5. The van der Waals surface area contributed by atoms with Gasteiger partial charge in [0.2, 0.25) is 0 Å². The van der Waals surface area contributed by atoms with Crippen LogP contribution in [0.2, 0.25) is 0 Å². The Morgan fingerprint density at radius 1 is 1.47 bits per heavy atom. The van der Waals surface area contributed by atoms with Crippen molar-refractivity contribution in [3.05, 3.63) is 22.3 Å². The van der Waals surface area contributed by atoms with Gasteiger partial charge in [-0.15, -0.1) is 11.3 Å². The third-order valence-corrected chi connectivity index (χ3v) is 4.02.